The van der Waals surface area contributed by atoms with Crippen LogP contribution >= 0.6 is 0 Å². The summed E-state index contributed by atoms with van der Waals surface area (Å²) in [5.41, 5.74) is 3.57. The summed E-state index contributed by atoms with van der Waals surface area (Å²) in [7, 11) is 0. The molecule has 0 aliphatic carbocycles. The second kappa shape index (κ2) is 7.87. The molecule has 1 heterocycles. The van der Waals surface area contributed by atoms with Crippen molar-refractivity contribution in [2.45, 2.75) is 26.3 Å². The molecule has 3 rings (SSSR count). The van der Waals surface area contributed by atoms with Crippen molar-refractivity contribution in [1.29, 1.82) is 0 Å². The highest BCUT2D eigenvalue weighted by molar-refractivity contribution is 5.87. The quantitative estimate of drug-likeness (QED) is 0.688. The molecule has 0 aliphatic rings. The van der Waals surface area contributed by atoms with E-state index in [1.807, 2.05) is 62.4 Å². The van der Waals surface area contributed by atoms with Gasteiger partial charge in [-0.25, -0.2) is 0 Å². The molecule has 26 heavy (non-hydrogen) atoms. The number of ether oxygens (including phenoxy) is 1. The molecule has 1 atom stereocenters. The molecule has 0 spiro atoms. The minimum atomic E-state index is -0.462. The third-order valence-corrected chi connectivity index (χ3v) is 4.19. The van der Waals surface area contributed by atoms with Gasteiger partial charge in [-0.15, -0.1) is 0 Å². The van der Waals surface area contributed by atoms with E-state index in [0.29, 0.717) is 0 Å². The summed E-state index contributed by atoms with van der Waals surface area (Å²) >= 11 is 0. The van der Waals surface area contributed by atoms with Gasteiger partial charge in [0.2, 0.25) is 0 Å². The van der Waals surface area contributed by atoms with Crippen molar-refractivity contribution in [2.24, 2.45) is 0 Å². The maximum Gasteiger partial charge on any atom is 0.310 e. The van der Waals surface area contributed by atoms with Crippen LogP contribution in [0, 0.1) is 6.92 Å². The maximum atomic E-state index is 12.0. The van der Waals surface area contributed by atoms with Crippen LogP contribution in [0.15, 0.2) is 59.2 Å². The summed E-state index contributed by atoms with van der Waals surface area (Å²) in [6, 6.07) is 15.3. The predicted octanol–water partition coefficient (Wildman–Crippen LogP) is 3.70. The van der Waals surface area contributed by atoms with Crippen molar-refractivity contribution in [2.75, 3.05) is 6.61 Å². The smallest absolute Gasteiger partial charge is 0.310 e. The van der Waals surface area contributed by atoms with Crippen LogP contribution in [-0.4, -0.2) is 18.5 Å². The highest BCUT2D eigenvalue weighted by Gasteiger charge is 2.14. The van der Waals surface area contributed by atoms with E-state index in [1.54, 1.807) is 6.26 Å². The van der Waals surface area contributed by atoms with Crippen LogP contribution in [0.25, 0.3) is 11.0 Å². The van der Waals surface area contributed by atoms with Gasteiger partial charge in [0.1, 0.15) is 5.58 Å². The van der Waals surface area contributed by atoms with Gasteiger partial charge in [-0.2, -0.15) is 0 Å². The highest BCUT2D eigenvalue weighted by atomic mass is 16.5. The van der Waals surface area contributed by atoms with Gasteiger partial charge in [0.15, 0.2) is 6.61 Å². The van der Waals surface area contributed by atoms with Crippen molar-refractivity contribution in [3.63, 3.8) is 0 Å². The molecule has 5 nitrogen and oxygen atoms in total. The van der Waals surface area contributed by atoms with Crippen LogP contribution in [0.3, 0.4) is 0 Å². The number of benzene rings is 2. The second-order valence-corrected chi connectivity index (χ2v) is 6.30. The van der Waals surface area contributed by atoms with E-state index in [0.717, 1.165) is 27.7 Å². The van der Waals surface area contributed by atoms with Gasteiger partial charge in [-0.1, -0.05) is 42.5 Å². The molecule has 0 saturated heterocycles. The fourth-order valence-corrected chi connectivity index (χ4v) is 2.79. The monoisotopic (exact) mass is 351 g/mol. The Labute approximate surface area is 152 Å². The van der Waals surface area contributed by atoms with Crippen molar-refractivity contribution >= 4 is 22.8 Å². The van der Waals surface area contributed by atoms with Crippen LogP contribution in [0.4, 0.5) is 0 Å². The Hall–Kier alpha value is -3.08. The van der Waals surface area contributed by atoms with E-state index in [9.17, 15) is 9.59 Å². The molecular weight excluding hydrogens is 330 g/mol. The summed E-state index contributed by atoms with van der Waals surface area (Å²) in [4.78, 5) is 24.0. The number of hydrogen-bond acceptors (Lipinski definition) is 4. The Kier molecular flexibility index (Phi) is 5.37. The fraction of sp³-hybridized carbons (Fsp3) is 0.238. The van der Waals surface area contributed by atoms with E-state index >= 15 is 0 Å². The van der Waals surface area contributed by atoms with Gasteiger partial charge in [0.05, 0.1) is 18.7 Å². The number of hydrogen-bond donors (Lipinski definition) is 1. The number of carbonyl (C=O) groups excluding carboxylic acids is 2. The zero-order valence-corrected chi connectivity index (χ0v) is 14.8. The van der Waals surface area contributed by atoms with E-state index in [-0.39, 0.29) is 25.0 Å². The zero-order chi connectivity index (χ0) is 18.5. The molecular formula is C21H21NO4. The zero-order valence-electron chi connectivity index (χ0n) is 14.8. The lowest BCUT2D eigenvalue weighted by Gasteiger charge is -2.14. The van der Waals surface area contributed by atoms with Gasteiger partial charge in [0.25, 0.3) is 5.91 Å². The first-order valence-electron chi connectivity index (χ1n) is 8.49. The largest absolute Gasteiger partial charge is 0.464 e. The summed E-state index contributed by atoms with van der Waals surface area (Å²) in [6.07, 6.45) is 1.63. The first kappa shape index (κ1) is 17.7. The molecule has 0 bridgehead atoms. The molecule has 1 aromatic heterocycles. The molecule has 0 saturated carbocycles. The topological polar surface area (TPSA) is 68.5 Å². The first-order valence-corrected chi connectivity index (χ1v) is 8.49. The number of amides is 1. The summed E-state index contributed by atoms with van der Waals surface area (Å²) < 4.78 is 10.6. The third kappa shape index (κ3) is 4.30. The first-order chi connectivity index (χ1) is 12.5. The molecule has 1 N–H and O–H groups in total. The van der Waals surface area contributed by atoms with Crippen LogP contribution in [0.1, 0.15) is 29.7 Å². The molecule has 134 valence electrons. The van der Waals surface area contributed by atoms with Crippen molar-refractivity contribution in [1.82, 2.24) is 5.32 Å². The normalized spacial score (nSPS) is 11.9. The van der Waals surface area contributed by atoms with Gasteiger partial charge < -0.3 is 14.5 Å². The van der Waals surface area contributed by atoms with Crippen LogP contribution in [0.5, 0.6) is 0 Å². The Morgan fingerprint density at radius 1 is 1.15 bits per heavy atom. The molecule has 1 amide bonds. The van der Waals surface area contributed by atoms with Gasteiger partial charge in [-0.3, -0.25) is 9.59 Å². The summed E-state index contributed by atoms with van der Waals surface area (Å²) in [5.74, 6) is -0.793. The Morgan fingerprint density at radius 3 is 2.69 bits per heavy atom. The van der Waals surface area contributed by atoms with Crippen LogP contribution < -0.4 is 5.32 Å². The van der Waals surface area contributed by atoms with Gasteiger partial charge in [0, 0.05) is 10.9 Å². The average molecular weight is 351 g/mol. The number of carbonyl (C=O) groups is 2. The molecule has 0 radical (unpaired) electrons. The van der Waals surface area contributed by atoms with Crippen LogP contribution in [-0.2, 0) is 20.7 Å². The number of esters is 1. The van der Waals surface area contributed by atoms with Crippen LogP contribution in [0.2, 0.25) is 0 Å². The molecule has 5 heteroatoms. The molecule has 2 aromatic carbocycles. The van der Waals surface area contributed by atoms with Crippen molar-refractivity contribution in [3.05, 3.63) is 71.5 Å². The molecule has 0 fully saturated rings. The predicted molar refractivity (Wildman–Crippen MR) is 98.6 cm³/mol. The number of fused-ring (bicyclic) bond motifs is 1. The number of furan rings is 1. The minimum Gasteiger partial charge on any atom is -0.464 e. The third-order valence-electron chi connectivity index (χ3n) is 4.19. The summed E-state index contributed by atoms with van der Waals surface area (Å²) in [5, 5.41) is 3.70. The lowest BCUT2D eigenvalue weighted by Crippen LogP contribution is -2.31. The Morgan fingerprint density at radius 2 is 1.92 bits per heavy atom. The lowest BCUT2D eigenvalue weighted by molar-refractivity contribution is -0.148. The highest BCUT2D eigenvalue weighted by Crippen LogP contribution is 2.22. The van der Waals surface area contributed by atoms with E-state index < -0.39 is 5.97 Å². The van der Waals surface area contributed by atoms with E-state index in [2.05, 4.69) is 5.32 Å². The lowest BCUT2D eigenvalue weighted by atomic mass is 10.1. The number of rotatable bonds is 6. The van der Waals surface area contributed by atoms with Crippen molar-refractivity contribution in [3.8, 4) is 0 Å². The van der Waals surface area contributed by atoms with Gasteiger partial charge >= 0.3 is 5.97 Å². The SMILES string of the molecule is Cc1ccc2c(CC(=O)OCC(=O)NC(C)c3ccccc3)coc2c1. The molecule has 3 aromatic rings. The Bertz CT molecular complexity index is 914. The van der Waals surface area contributed by atoms with E-state index in [4.69, 9.17) is 9.15 Å². The fourth-order valence-electron chi connectivity index (χ4n) is 2.79. The number of aryl methyl sites for hydroxylation is 1. The number of nitrogens with one attached hydrogen (secondary N) is 1. The minimum absolute atomic E-state index is 0.0670. The average Bonchev–Trinajstić information content (AvgIpc) is 3.02. The summed E-state index contributed by atoms with van der Waals surface area (Å²) in [6.45, 7) is 3.56. The van der Waals surface area contributed by atoms with E-state index in [1.165, 1.54) is 0 Å². The second-order valence-electron chi connectivity index (χ2n) is 6.30. The van der Waals surface area contributed by atoms with Crippen molar-refractivity contribution < 1.29 is 18.7 Å². The van der Waals surface area contributed by atoms with Gasteiger partial charge in [-0.05, 0) is 31.0 Å². The Balaban J connectivity index is 1.51. The standard InChI is InChI=1S/C21H21NO4/c1-14-8-9-18-17(12-25-19(18)10-14)11-21(24)26-13-20(23)22-15(2)16-6-4-3-5-7-16/h3-10,12,15H,11,13H2,1-2H3,(H,22,23). The molecule has 1 unspecified atom stereocenters. The molecule has 0 aliphatic heterocycles. The maximum absolute atomic E-state index is 12.0.